The zero-order valence-electron chi connectivity index (χ0n) is 11.2. The van der Waals surface area contributed by atoms with Crippen molar-refractivity contribution >= 4 is 5.91 Å². The van der Waals surface area contributed by atoms with Gasteiger partial charge in [-0.1, -0.05) is 5.16 Å². The Bertz CT molecular complexity index is 472. The molecule has 0 unspecified atom stereocenters. The lowest BCUT2D eigenvalue weighted by Crippen LogP contribution is -2.43. The van der Waals surface area contributed by atoms with E-state index in [0.717, 1.165) is 0 Å². The minimum Gasteiger partial charge on any atom is -0.379 e. The van der Waals surface area contributed by atoms with Gasteiger partial charge in [0.05, 0.1) is 19.8 Å². The first-order valence-electron chi connectivity index (χ1n) is 6.42. The molecule has 0 aromatic carbocycles. The molecule has 0 aliphatic carbocycles. The molecule has 118 valence electrons. The molecule has 10 heteroatoms. The number of halogens is 3. The van der Waals surface area contributed by atoms with Gasteiger partial charge in [-0.25, -0.2) is 0 Å². The van der Waals surface area contributed by atoms with E-state index in [1.54, 1.807) is 0 Å². The van der Waals surface area contributed by atoms with Crippen LogP contribution in [0.4, 0.5) is 13.2 Å². The van der Waals surface area contributed by atoms with Gasteiger partial charge in [-0.2, -0.15) is 18.2 Å². The van der Waals surface area contributed by atoms with Crippen LogP contribution in [0.25, 0.3) is 0 Å². The summed E-state index contributed by atoms with van der Waals surface area (Å²) in [7, 11) is 0. The largest absolute Gasteiger partial charge is 0.471 e. The van der Waals surface area contributed by atoms with Crippen molar-refractivity contribution in [2.75, 3.05) is 39.4 Å². The maximum atomic E-state index is 12.2. The summed E-state index contributed by atoms with van der Waals surface area (Å²) in [5.41, 5.74) is 0. The van der Waals surface area contributed by atoms with Crippen LogP contribution in [-0.4, -0.2) is 60.3 Å². The van der Waals surface area contributed by atoms with Crippen molar-refractivity contribution in [3.05, 3.63) is 11.7 Å². The fourth-order valence-corrected chi connectivity index (χ4v) is 1.80. The number of hydrogen-bond acceptors (Lipinski definition) is 6. The minimum atomic E-state index is -4.65. The number of hydrogen-bond donors (Lipinski definition) is 1. The summed E-state index contributed by atoms with van der Waals surface area (Å²) in [6.45, 7) is 2.95. The van der Waals surface area contributed by atoms with Crippen LogP contribution in [0.1, 0.15) is 11.7 Å². The number of amides is 1. The summed E-state index contributed by atoms with van der Waals surface area (Å²) in [5, 5.41) is 5.81. The Balaban J connectivity index is 1.69. The second-order valence-electron chi connectivity index (χ2n) is 4.50. The highest BCUT2D eigenvalue weighted by Gasteiger charge is 2.38. The van der Waals surface area contributed by atoms with E-state index in [2.05, 4.69) is 20.0 Å². The third-order valence-corrected chi connectivity index (χ3v) is 2.85. The minimum absolute atomic E-state index is 0.0778. The molecular weight excluding hydrogens is 293 g/mol. The van der Waals surface area contributed by atoms with Crippen molar-refractivity contribution in [2.45, 2.75) is 12.6 Å². The Morgan fingerprint density at radius 3 is 2.67 bits per heavy atom. The zero-order valence-corrected chi connectivity index (χ0v) is 11.2. The van der Waals surface area contributed by atoms with E-state index < -0.39 is 12.1 Å². The smallest absolute Gasteiger partial charge is 0.379 e. The van der Waals surface area contributed by atoms with Crippen LogP contribution >= 0.6 is 0 Å². The Hall–Kier alpha value is -1.68. The van der Waals surface area contributed by atoms with E-state index in [0.29, 0.717) is 26.3 Å². The van der Waals surface area contributed by atoms with Gasteiger partial charge in [-0.3, -0.25) is 9.69 Å². The molecule has 1 aliphatic heterocycles. The predicted molar refractivity (Wildman–Crippen MR) is 63.3 cm³/mol. The highest BCUT2D eigenvalue weighted by atomic mass is 19.4. The number of alkyl halides is 3. The Labute approximate surface area is 118 Å². The van der Waals surface area contributed by atoms with Gasteiger partial charge >= 0.3 is 12.1 Å². The van der Waals surface area contributed by atoms with E-state index >= 15 is 0 Å². The second kappa shape index (κ2) is 6.85. The second-order valence-corrected chi connectivity index (χ2v) is 4.50. The van der Waals surface area contributed by atoms with Crippen molar-refractivity contribution in [1.82, 2.24) is 20.4 Å². The van der Waals surface area contributed by atoms with E-state index in [-0.39, 0.29) is 31.2 Å². The van der Waals surface area contributed by atoms with Gasteiger partial charge in [0.15, 0.2) is 5.82 Å². The van der Waals surface area contributed by atoms with E-state index in [1.165, 1.54) is 0 Å². The molecule has 7 nitrogen and oxygen atoms in total. The quantitative estimate of drug-likeness (QED) is 0.830. The molecule has 2 rings (SSSR count). The number of morpholine rings is 1. The van der Waals surface area contributed by atoms with Crippen molar-refractivity contribution in [2.24, 2.45) is 0 Å². The molecular formula is C11H15F3N4O3. The average Bonchev–Trinajstić information content (AvgIpc) is 2.88. The lowest BCUT2D eigenvalue weighted by Gasteiger charge is -2.25. The molecule has 0 bridgehead atoms. The first-order chi connectivity index (χ1) is 9.95. The fraction of sp³-hybridized carbons (Fsp3) is 0.727. The van der Waals surface area contributed by atoms with Gasteiger partial charge in [-0.05, 0) is 0 Å². The lowest BCUT2D eigenvalue weighted by molar-refractivity contribution is -0.159. The van der Waals surface area contributed by atoms with Crippen molar-refractivity contribution in [3.8, 4) is 0 Å². The third-order valence-electron chi connectivity index (χ3n) is 2.85. The van der Waals surface area contributed by atoms with Gasteiger partial charge in [0.25, 0.3) is 0 Å². The van der Waals surface area contributed by atoms with Gasteiger partial charge in [0.1, 0.15) is 0 Å². The molecule has 1 amide bonds. The SMILES string of the molecule is O=C(CN1CCOCC1)NCCc1noc(C(F)(F)F)n1. The number of rotatable bonds is 5. The molecule has 1 fully saturated rings. The number of nitrogens with zero attached hydrogens (tertiary/aromatic N) is 3. The average molecular weight is 308 g/mol. The van der Waals surface area contributed by atoms with E-state index in [1.807, 2.05) is 4.90 Å². The van der Waals surface area contributed by atoms with Crippen LogP contribution in [0.5, 0.6) is 0 Å². The van der Waals surface area contributed by atoms with Crippen molar-refractivity contribution < 1.29 is 27.2 Å². The van der Waals surface area contributed by atoms with E-state index in [9.17, 15) is 18.0 Å². The topological polar surface area (TPSA) is 80.5 Å². The maximum absolute atomic E-state index is 12.2. The molecule has 0 atom stereocenters. The fourth-order valence-electron chi connectivity index (χ4n) is 1.80. The standard InChI is InChI=1S/C11H15F3N4O3/c12-11(13,14)10-16-8(17-21-10)1-2-15-9(19)7-18-3-5-20-6-4-18/h1-7H2,(H,15,19). The molecule has 1 aromatic heterocycles. The molecule has 2 heterocycles. The van der Waals surface area contributed by atoms with Crippen LogP contribution in [-0.2, 0) is 22.1 Å². The third kappa shape index (κ3) is 4.97. The Kier molecular flexibility index (Phi) is 5.12. The van der Waals surface area contributed by atoms with E-state index in [4.69, 9.17) is 4.74 Å². The number of nitrogens with one attached hydrogen (secondary N) is 1. The monoisotopic (exact) mass is 308 g/mol. The first kappa shape index (κ1) is 15.7. The van der Waals surface area contributed by atoms with Crippen molar-refractivity contribution in [3.63, 3.8) is 0 Å². The lowest BCUT2D eigenvalue weighted by atomic mass is 10.3. The Morgan fingerprint density at radius 1 is 1.33 bits per heavy atom. The number of aromatic nitrogens is 2. The molecule has 0 radical (unpaired) electrons. The Morgan fingerprint density at radius 2 is 2.05 bits per heavy atom. The van der Waals surface area contributed by atoms with Crippen LogP contribution in [0.2, 0.25) is 0 Å². The van der Waals surface area contributed by atoms with Crippen molar-refractivity contribution in [1.29, 1.82) is 0 Å². The molecule has 1 aromatic rings. The summed E-state index contributed by atoms with van der Waals surface area (Å²) in [6.07, 6.45) is -4.57. The maximum Gasteiger partial charge on any atom is 0.471 e. The van der Waals surface area contributed by atoms with Gasteiger partial charge in [0, 0.05) is 26.1 Å². The molecule has 1 N–H and O–H groups in total. The molecule has 0 saturated carbocycles. The van der Waals surface area contributed by atoms with Crippen LogP contribution in [0.3, 0.4) is 0 Å². The summed E-state index contributed by atoms with van der Waals surface area (Å²) in [6, 6.07) is 0. The summed E-state index contributed by atoms with van der Waals surface area (Å²) < 4.78 is 45.9. The van der Waals surface area contributed by atoms with Crippen LogP contribution < -0.4 is 5.32 Å². The number of carbonyl (C=O) groups excluding carboxylic acids is 1. The van der Waals surface area contributed by atoms with Gasteiger partial charge in [-0.15, -0.1) is 0 Å². The molecule has 1 aliphatic rings. The summed E-state index contributed by atoms with van der Waals surface area (Å²) >= 11 is 0. The number of ether oxygens (including phenoxy) is 1. The molecule has 1 saturated heterocycles. The molecule has 21 heavy (non-hydrogen) atoms. The molecule has 0 spiro atoms. The first-order valence-corrected chi connectivity index (χ1v) is 6.42. The van der Waals surface area contributed by atoms with Crippen LogP contribution in [0, 0.1) is 0 Å². The summed E-state index contributed by atoms with van der Waals surface area (Å²) in [4.78, 5) is 16.8. The van der Waals surface area contributed by atoms with Gasteiger partial charge < -0.3 is 14.6 Å². The van der Waals surface area contributed by atoms with Gasteiger partial charge in [0.2, 0.25) is 5.91 Å². The highest BCUT2D eigenvalue weighted by molar-refractivity contribution is 5.77. The summed E-state index contributed by atoms with van der Waals surface area (Å²) in [5.74, 6) is -1.66. The highest BCUT2D eigenvalue weighted by Crippen LogP contribution is 2.27. The predicted octanol–water partition coefficient (Wildman–Crippen LogP) is 0.0793. The normalized spacial score (nSPS) is 16.9. The zero-order chi connectivity index (χ0) is 15.3. The van der Waals surface area contributed by atoms with Crippen LogP contribution in [0.15, 0.2) is 4.52 Å². The number of carbonyl (C=O) groups is 1.